The van der Waals surface area contributed by atoms with Crippen molar-refractivity contribution in [1.29, 1.82) is 0 Å². The average Bonchev–Trinajstić information content (AvgIpc) is 3.35. The molecule has 0 saturated carbocycles. The first-order valence-electron chi connectivity index (χ1n) is 12.0. The Morgan fingerprint density at radius 3 is 2.63 bits per heavy atom. The molecular weight excluding hydrogens is 466 g/mol. The molecule has 1 N–H and O–H groups in total. The van der Waals surface area contributed by atoms with Crippen molar-refractivity contribution in [3.63, 3.8) is 0 Å². The van der Waals surface area contributed by atoms with Gasteiger partial charge in [0.15, 0.2) is 11.5 Å². The van der Waals surface area contributed by atoms with Crippen LogP contribution in [-0.2, 0) is 13.1 Å². The van der Waals surface area contributed by atoms with Crippen LogP contribution in [0.25, 0.3) is 0 Å². The summed E-state index contributed by atoms with van der Waals surface area (Å²) in [6, 6.07) is 11.7. The van der Waals surface area contributed by atoms with Gasteiger partial charge in [0, 0.05) is 30.5 Å². The molecule has 1 saturated heterocycles. The van der Waals surface area contributed by atoms with Crippen LogP contribution < -0.4 is 14.2 Å². The fraction of sp³-hybridized carbons (Fsp3) is 0.444. The zero-order valence-electron chi connectivity index (χ0n) is 20.7. The third-order valence-electron chi connectivity index (χ3n) is 6.32. The van der Waals surface area contributed by atoms with E-state index >= 15 is 0 Å². The van der Waals surface area contributed by atoms with E-state index in [2.05, 4.69) is 16.1 Å². The fourth-order valence-electron chi connectivity index (χ4n) is 4.54. The molecule has 1 aliphatic rings. The van der Waals surface area contributed by atoms with E-state index in [4.69, 9.17) is 25.8 Å². The van der Waals surface area contributed by atoms with Gasteiger partial charge in [0.2, 0.25) is 0 Å². The van der Waals surface area contributed by atoms with Gasteiger partial charge < -0.3 is 19.3 Å². The number of hydrogen-bond donors (Lipinski definition) is 1. The highest BCUT2D eigenvalue weighted by atomic mass is 35.5. The number of rotatable bonds is 10. The number of methoxy groups -OCH3 is 1. The monoisotopic (exact) mass is 499 g/mol. The minimum absolute atomic E-state index is 0.246. The summed E-state index contributed by atoms with van der Waals surface area (Å²) < 4.78 is 19.3. The standard InChI is InChI=1S/C27H34ClN3O4/c1-20-14-23(15-21(2)26(20)28)35-19-27(32)8-4-10-30(18-27)17-22-6-7-24(25(16-22)33-3)34-13-12-31-11-5-9-29-31/h5-7,9,11,14-16,32H,4,8,10,12-13,17-19H2,1-3H3. The molecule has 0 aliphatic carbocycles. The van der Waals surface area contributed by atoms with Gasteiger partial charge in [-0.05, 0) is 80.3 Å². The first kappa shape index (κ1) is 25.4. The predicted molar refractivity (Wildman–Crippen MR) is 137 cm³/mol. The summed E-state index contributed by atoms with van der Waals surface area (Å²) >= 11 is 6.27. The smallest absolute Gasteiger partial charge is 0.161 e. The number of aliphatic hydroxyl groups is 1. The molecular formula is C27H34ClN3O4. The van der Waals surface area contributed by atoms with E-state index in [0.29, 0.717) is 44.2 Å². The van der Waals surface area contributed by atoms with E-state index in [1.165, 1.54) is 0 Å². The molecule has 0 bridgehead atoms. The second-order valence-corrected chi connectivity index (χ2v) is 9.68. The SMILES string of the molecule is COc1cc(CN2CCCC(O)(COc3cc(C)c(Cl)c(C)c3)C2)ccc1OCCn1cccn1. The van der Waals surface area contributed by atoms with Crippen LogP contribution in [0.3, 0.4) is 0 Å². The molecule has 7 nitrogen and oxygen atoms in total. The van der Waals surface area contributed by atoms with E-state index in [9.17, 15) is 5.11 Å². The number of nitrogens with zero attached hydrogens (tertiary/aromatic N) is 3. The summed E-state index contributed by atoms with van der Waals surface area (Å²) in [7, 11) is 1.65. The number of hydrogen-bond acceptors (Lipinski definition) is 6. The Morgan fingerprint density at radius 2 is 1.91 bits per heavy atom. The quantitative estimate of drug-likeness (QED) is 0.438. The van der Waals surface area contributed by atoms with Gasteiger partial charge in [-0.15, -0.1) is 0 Å². The van der Waals surface area contributed by atoms with Crippen molar-refractivity contribution in [2.24, 2.45) is 0 Å². The maximum absolute atomic E-state index is 11.3. The number of halogens is 1. The van der Waals surface area contributed by atoms with Crippen LogP contribution in [0.4, 0.5) is 0 Å². The number of benzene rings is 2. The van der Waals surface area contributed by atoms with Crippen molar-refractivity contribution in [3.8, 4) is 17.2 Å². The molecule has 0 spiro atoms. The zero-order chi connectivity index (χ0) is 24.8. The molecule has 0 radical (unpaired) electrons. The normalized spacial score (nSPS) is 18.4. The topological polar surface area (TPSA) is 69.0 Å². The Kier molecular flexibility index (Phi) is 8.21. The van der Waals surface area contributed by atoms with E-state index in [0.717, 1.165) is 40.4 Å². The Balaban J connectivity index is 1.33. The Labute approximate surface area is 212 Å². The highest BCUT2D eigenvalue weighted by Crippen LogP contribution is 2.31. The van der Waals surface area contributed by atoms with Crippen LogP contribution in [-0.4, -0.2) is 58.8 Å². The number of β-amino-alcohol motifs (C(OH)–C–C–N with tert-alkyl or cyclic N) is 1. The highest BCUT2D eigenvalue weighted by Gasteiger charge is 2.34. The molecule has 4 rings (SSSR count). The van der Waals surface area contributed by atoms with Crippen LogP contribution in [0.2, 0.25) is 5.02 Å². The van der Waals surface area contributed by atoms with Gasteiger partial charge >= 0.3 is 0 Å². The van der Waals surface area contributed by atoms with Crippen molar-refractivity contribution >= 4 is 11.6 Å². The van der Waals surface area contributed by atoms with Crippen molar-refractivity contribution in [1.82, 2.24) is 14.7 Å². The average molecular weight is 500 g/mol. The van der Waals surface area contributed by atoms with Crippen molar-refractivity contribution < 1.29 is 19.3 Å². The molecule has 3 aromatic rings. The van der Waals surface area contributed by atoms with Crippen LogP contribution >= 0.6 is 11.6 Å². The van der Waals surface area contributed by atoms with Crippen molar-refractivity contribution in [2.75, 3.05) is 33.4 Å². The van der Waals surface area contributed by atoms with Crippen LogP contribution in [0.5, 0.6) is 17.2 Å². The summed E-state index contributed by atoms with van der Waals surface area (Å²) in [5, 5.41) is 16.2. The lowest BCUT2D eigenvalue weighted by molar-refractivity contribution is -0.0621. The number of ether oxygens (including phenoxy) is 3. The summed E-state index contributed by atoms with van der Waals surface area (Å²) in [5.74, 6) is 2.15. The summed E-state index contributed by atoms with van der Waals surface area (Å²) in [6.45, 7) is 7.52. The summed E-state index contributed by atoms with van der Waals surface area (Å²) in [4.78, 5) is 2.26. The minimum atomic E-state index is -0.903. The van der Waals surface area contributed by atoms with Crippen molar-refractivity contribution in [3.05, 3.63) is 70.5 Å². The van der Waals surface area contributed by atoms with Crippen LogP contribution in [0, 0.1) is 13.8 Å². The summed E-state index contributed by atoms with van der Waals surface area (Å²) in [6.07, 6.45) is 5.28. The van der Waals surface area contributed by atoms with Crippen LogP contribution in [0.1, 0.15) is 29.5 Å². The molecule has 1 aromatic heterocycles. The van der Waals surface area contributed by atoms with Gasteiger partial charge in [0.1, 0.15) is 24.6 Å². The lowest BCUT2D eigenvalue weighted by Crippen LogP contribution is -2.51. The molecule has 1 fully saturated rings. The maximum Gasteiger partial charge on any atom is 0.161 e. The molecule has 1 unspecified atom stereocenters. The number of aryl methyl sites for hydroxylation is 2. The van der Waals surface area contributed by atoms with E-state index < -0.39 is 5.60 Å². The molecule has 0 amide bonds. The van der Waals surface area contributed by atoms with Crippen molar-refractivity contribution in [2.45, 2.75) is 45.4 Å². The van der Waals surface area contributed by atoms with E-state index in [-0.39, 0.29) is 6.61 Å². The Morgan fingerprint density at radius 1 is 1.11 bits per heavy atom. The maximum atomic E-state index is 11.3. The van der Waals surface area contributed by atoms with Gasteiger partial charge in [-0.2, -0.15) is 5.10 Å². The number of piperidine rings is 1. The molecule has 1 aliphatic heterocycles. The third-order valence-corrected chi connectivity index (χ3v) is 6.92. The van der Waals surface area contributed by atoms with Gasteiger partial charge in [-0.25, -0.2) is 0 Å². The minimum Gasteiger partial charge on any atom is -0.493 e. The first-order valence-corrected chi connectivity index (χ1v) is 12.3. The van der Waals surface area contributed by atoms with Gasteiger partial charge in [-0.1, -0.05) is 17.7 Å². The first-order chi connectivity index (χ1) is 16.8. The number of aromatic nitrogens is 2. The highest BCUT2D eigenvalue weighted by molar-refractivity contribution is 6.32. The Hall–Kier alpha value is -2.74. The third kappa shape index (κ3) is 6.69. The predicted octanol–water partition coefficient (Wildman–Crippen LogP) is 4.65. The fourth-order valence-corrected chi connectivity index (χ4v) is 4.64. The molecule has 2 aromatic carbocycles. The lowest BCUT2D eigenvalue weighted by Gasteiger charge is -2.39. The lowest BCUT2D eigenvalue weighted by atomic mass is 9.93. The van der Waals surface area contributed by atoms with Gasteiger partial charge in [-0.3, -0.25) is 9.58 Å². The van der Waals surface area contributed by atoms with E-state index in [1.54, 1.807) is 13.3 Å². The molecule has 1 atom stereocenters. The van der Waals surface area contributed by atoms with E-state index in [1.807, 2.05) is 55.1 Å². The second kappa shape index (κ2) is 11.3. The Bertz CT molecular complexity index is 1100. The molecule has 35 heavy (non-hydrogen) atoms. The van der Waals surface area contributed by atoms with Gasteiger partial charge in [0.05, 0.1) is 13.7 Å². The number of likely N-dealkylation sites (tertiary alicyclic amines) is 1. The molecule has 8 heteroatoms. The summed E-state index contributed by atoms with van der Waals surface area (Å²) in [5.41, 5.74) is 2.15. The van der Waals surface area contributed by atoms with Crippen LogP contribution in [0.15, 0.2) is 48.8 Å². The second-order valence-electron chi connectivity index (χ2n) is 9.30. The largest absolute Gasteiger partial charge is 0.493 e. The molecule has 2 heterocycles. The molecule has 188 valence electrons. The van der Waals surface area contributed by atoms with Gasteiger partial charge in [0.25, 0.3) is 0 Å². The zero-order valence-corrected chi connectivity index (χ0v) is 21.4.